The molecule has 4 rings (SSSR count). The van der Waals surface area contributed by atoms with Crippen LogP contribution < -0.4 is 0 Å². The summed E-state index contributed by atoms with van der Waals surface area (Å²) in [6.45, 7) is 9.71. The molecule has 35 heavy (non-hydrogen) atoms. The molecule has 0 saturated carbocycles. The number of piperazine rings is 1. The van der Waals surface area contributed by atoms with E-state index >= 15 is 0 Å². The maximum Gasteiger partial charge on any atom is 0.255 e. The molecule has 7 heteroatoms. The third kappa shape index (κ3) is 5.29. The maximum absolute atomic E-state index is 14.8. The lowest BCUT2D eigenvalue weighted by molar-refractivity contribution is -0.134. The highest BCUT2D eigenvalue weighted by Crippen LogP contribution is 2.32. The largest absolute Gasteiger partial charge is 0.339 e. The van der Waals surface area contributed by atoms with Crippen LogP contribution in [0.5, 0.6) is 0 Å². The molecule has 0 unspecified atom stereocenters. The smallest absolute Gasteiger partial charge is 0.255 e. The van der Waals surface area contributed by atoms with Gasteiger partial charge in [-0.25, -0.2) is 8.78 Å². The second-order valence-corrected chi connectivity index (χ2v) is 10.2. The van der Waals surface area contributed by atoms with Crippen molar-refractivity contribution in [2.24, 2.45) is 5.41 Å². The molecule has 2 heterocycles. The second kappa shape index (κ2) is 9.64. The number of aromatic nitrogens is 1. The predicted octanol–water partition coefficient (Wildman–Crippen LogP) is 5.45. The summed E-state index contributed by atoms with van der Waals surface area (Å²) >= 11 is 0. The SMILES string of the molecule is Cc1c(C(=O)N2CCN(C(=O)CC(C)(C)C)CC2)cc(-c2ccccc2)n1-c1ccc(F)cc1F. The summed E-state index contributed by atoms with van der Waals surface area (Å²) in [6, 6.07) is 14.6. The number of carbonyl (C=O) groups excluding carboxylic acids is 2. The highest BCUT2D eigenvalue weighted by atomic mass is 19.1. The van der Waals surface area contributed by atoms with Gasteiger partial charge in [0.05, 0.1) is 16.9 Å². The first-order valence-electron chi connectivity index (χ1n) is 11.9. The Kier molecular flexibility index (Phi) is 6.79. The summed E-state index contributed by atoms with van der Waals surface area (Å²) in [5.74, 6) is -1.42. The van der Waals surface area contributed by atoms with Crippen LogP contribution in [0.1, 0.15) is 43.2 Å². The van der Waals surface area contributed by atoms with Crippen LogP contribution in [0.15, 0.2) is 54.6 Å². The van der Waals surface area contributed by atoms with E-state index in [9.17, 15) is 18.4 Å². The lowest BCUT2D eigenvalue weighted by Crippen LogP contribution is -2.51. The zero-order valence-electron chi connectivity index (χ0n) is 20.6. The highest BCUT2D eigenvalue weighted by molar-refractivity contribution is 5.97. The summed E-state index contributed by atoms with van der Waals surface area (Å²) in [5, 5.41) is 0. The summed E-state index contributed by atoms with van der Waals surface area (Å²) in [4.78, 5) is 29.7. The van der Waals surface area contributed by atoms with E-state index < -0.39 is 11.6 Å². The predicted molar refractivity (Wildman–Crippen MR) is 132 cm³/mol. The Morgan fingerprint density at radius 2 is 1.51 bits per heavy atom. The number of hydrogen-bond acceptors (Lipinski definition) is 2. The minimum absolute atomic E-state index is 0.0898. The average molecular weight is 480 g/mol. The Balaban J connectivity index is 1.64. The molecular formula is C28H31F2N3O2. The molecule has 1 aromatic heterocycles. The van der Waals surface area contributed by atoms with E-state index in [-0.39, 0.29) is 22.9 Å². The maximum atomic E-state index is 14.8. The fraction of sp³-hybridized carbons (Fsp3) is 0.357. The Labute approximate surface area is 205 Å². The standard InChI is InChI=1S/C28H31F2N3O2/c1-19-22(27(35)32-14-12-31(13-15-32)26(34)18-28(2,3)4)17-25(20-8-6-5-7-9-20)33(19)24-11-10-21(29)16-23(24)30/h5-11,16-17H,12-15,18H2,1-4H3. The summed E-state index contributed by atoms with van der Waals surface area (Å²) < 4.78 is 30.1. The number of carbonyl (C=O) groups is 2. The van der Waals surface area contributed by atoms with Crippen molar-refractivity contribution < 1.29 is 18.4 Å². The fourth-order valence-electron chi connectivity index (χ4n) is 4.51. The van der Waals surface area contributed by atoms with Crippen molar-refractivity contribution in [2.45, 2.75) is 34.1 Å². The minimum Gasteiger partial charge on any atom is -0.339 e. The van der Waals surface area contributed by atoms with Gasteiger partial charge in [-0.15, -0.1) is 0 Å². The minimum atomic E-state index is -0.703. The Hall–Kier alpha value is -3.48. The van der Waals surface area contributed by atoms with E-state index in [0.717, 1.165) is 11.6 Å². The van der Waals surface area contributed by atoms with Crippen molar-refractivity contribution in [3.63, 3.8) is 0 Å². The van der Waals surface area contributed by atoms with Crippen LogP contribution >= 0.6 is 0 Å². The number of hydrogen-bond donors (Lipinski definition) is 0. The number of halogens is 2. The Morgan fingerprint density at radius 3 is 2.11 bits per heavy atom. The number of rotatable bonds is 4. The monoisotopic (exact) mass is 479 g/mol. The van der Waals surface area contributed by atoms with E-state index in [1.165, 1.54) is 12.1 Å². The van der Waals surface area contributed by atoms with Crippen LogP contribution in [0.4, 0.5) is 8.78 Å². The summed E-state index contributed by atoms with van der Waals surface area (Å²) in [6.07, 6.45) is 0.465. The van der Waals surface area contributed by atoms with Gasteiger partial charge in [0.2, 0.25) is 5.91 Å². The van der Waals surface area contributed by atoms with Gasteiger partial charge < -0.3 is 14.4 Å². The second-order valence-electron chi connectivity index (χ2n) is 10.2. The van der Waals surface area contributed by atoms with Crippen LogP contribution in [0.2, 0.25) is 0 Å². The molecule has 184 valence electrons. The van der Waals surface area contributed by atoms with E-state index in [1.807, 2.05) is 56.0 Å². The van der Waals surface area contributed by atoms with E-state index in [4.69, 9.17) is 0 Å². The van der Waals surface area contributed by atoms with E-state index in [0.29, 0.717) is 49.6 Å². The molecule has 2 aromatic carbocycles. The fourth-order valence-corrected chi connectivity index (χ4v) is 4.51. The van der Waals surface area contributed by atoms with Crippen molar-refractivity contribution in [1.29, 1.82) is 0 Å². The molecule has 0 N–H and O–H groups in total. The molecule has 0 radical (unpaired) electrons. The third-order valence-electron chi connectivity index (χ3n) is 6.30. The zero-order valence-corrected chi connectivity index (χ0v) is 20.6. The van der Waals surface area contributed by atoms with Crippen molar-refractivity contribution in [2.75, 3.05) is 26.2 Å². The quantitative estimate of drug-likeness (QED) is 0.500. The van der Waals surface area contributed by atoms with Gasteiger partial charge in [0.25, 0.3) is 5.91 Å². The molecule has 3 aromatic rings. The van der Waals surface area contributed by atoms with Crippen LogP contribution in [-0.4, -0.2) is 52.4 Å². The molecular weight excluding hydrogens is 448 g/mol. The molecule has 0 bridgehead atoms. The number of amides is 2. The van der Waals surface area contributed by atoms with Crippen molar-refractivity contribution in [3.05, 3.63) is 77.5 Å². The van der Waals surface area contributed by atoms with Crippen LogP contribution in [0.3, 0.4) is 0 Å². The molecule has 1 aliphatic rings. The van der Waals surface area contributed by atoms with Gasteiger partial charge in [-0.05, 0) is 36.1 Å². The van der Waals surface area contributed by atoms with Crippen molar-refractivity contribution in [3.8, 4) is 16.9 Å². The van der Waals surface area contributed by atoms with Gasteiger partial charge in [0.15, 0.2) is 0 Å². The first-order valence-corrected chi connectivity index (χ1v) is 11.9. The van der Waals surface area contributed by atoms with E-state index in [2.05, 4.69) is 0 Å². The summed E-state index contributed by atoms with van der Waals surface area (Å²) in [7, 11) is 0. The molecule has 5 nitrogen and oxygen atoms in total. The molecule has 1 aliphatic heterocycles. The Bertz CT molecular complexity index is 1240. The Morgan fingerprint density at radius 1 is 0.886 bits per heavy atom. The zero-order chi connectivity index (χ0) is 25.3. The normalized spacial score (nSPS) is 14.3. The molecule has 0 aliphatic carbocycles. The first kappa shape index (κ1) is 24.6. The lowest BCUT2D eigenvalue weighted by atomic mass is 9.91. The van der Waals surface area contributed by atoms with Gasteiger partial charge >= 0.3 is 0 Å². The third-order valence-corrected chi connectivity index (χ3v) is 6.30. The topological polar surface area (TPSA) is 45.6 Å². The van der Waals surface area contributed by atoms with Gasteiger partial charge in [0.1, 0.15) is 11.6 Å². The van der Waals surface area contributed by atoms with E-state index in [1.54, 1.807) is 22.5 Å². The molecule has 0 spiro atoms. The van der Waals surface area contributed by atoms with Gasteiger partial charge in [-0.2, -0.15) is 0 Å². The lowest BCUT2D eigenvalue weighted by Gasteiger charge is -2.36. The summed E-state index contributed by atoms with van der Waals surface area (Å²) in [5.41, 5.74) is 2.59. The molecule has 2 amide bonds. The van der Waals surface area contributed by atoms with Crippen LogP contribution in [0.25, 0.3) is 16.9 Å². The number of benzene rings is 2. The highest BCUT2D eigenvalue weighted by Gasteiger charge is 2.29. The van der Waals surface area contributed by atoms with Gasteiger partial charge in [-0.1, -0.05) is 51.1 Å². The van der Waals surface area contributed by atoms with Gasteiger partial charge in [-0.3, -0.25) is 9.59 Å². The molecule has 1 fully saturated rings. The van der Waals surface area contributed by atoms with Gasteiger partial charge in [0, 0.05) is 44.4 Å². The van der Waals surface area contributed by atoms with Crippen molar-refractivity contribution in [1.82, 2.24) is 14.4 Å². The van der Waals surface area contributed by atoms with Crippen molar-refractivity contribution >= 4 is 11.8 Å². The molecule has 1 saturated heterocycles. The van der Waals surface area contributed by atoms with Crippen LogP contribution in [-0.2, 0) is 4.79 Å². The van der Waals surface area contributed by atoms with Crippen LogP contribution in [0, 0.1) is 24.0 Å². The molecule has 0 atom stereocenters. The average Bonchev–Trinajstić information content (AvgIpc) is 3.15. The first-order chi connectivity index (χ1) is 16.5. The number of nitrogens with zero attached hydrogens (tertiary/aromatic N) is 3.